The minimum Gasteiger partial charge on any atom is -0.478 e. The summed E-state index contributed by atoms with van der Waals surface area (Å²) in [5.74, 6) is -0.963. The standard InChI is InChI=1S/C6H6N2O2.ClH/c9-6(10)2-1-5-3-4-7-8-5;/h1-4H,(H,7,8)(H,9,10);1H/b2-1+;. The van der Waals surface area contributed by atoms with Gasteiger partial charge in [0.15, 0.2) is 0 Å². The highest BCUT2D eigenvalue weighted by Gasteiger charge is 1.87. The van der Waals surface area contributed by atoms with E-state index in [0.717, 1.165) is 6.08 Å². The molecule has 0 saturated carbocycles. The van der Waals surface area contributed by atoms with Crippen LogP contribution in [0.3, 0.4) is 0 Å². The first-order valence-electron chi connectivity index (χ1n) is 2.69. The molecule has 1 rings (SSSR count). The van der Waals surface area contributed by atoms with E-state index in [0.29, 0.717) is 5.69 Å². The minimum absolute atomic E-state index is 0. The number of nitrogens with zero attached hydrogens (tertiary/aromatic N) is 1. The molecule has 0 spiro atoms. The average molecular weight is 175 g/mol. The molecular weight excluding hydrogens is 168 g/mol. The fourth-order valence-corrected chi connectivity index (χ4v) is 0.521. The molecule has 4 nitrogen and oxygen atoms in total. The van der Waals surface area contributed by atoms with Crippen molar-refractivity contribution in [2.45, 2.75) is 0 Å². The van der Waals surface area contributed by atoms with Crippen molar-refractivity contribution < 1.29 is 9.90 Å². The summed E-state index contributed by atoms with van der Waals surface area (Å²) in [6.07, 6.45) is 4.05. The number of rotatable bonds is 2. The third kappa shape index (κ3) is 3.42. The first-order chi connectivity index (χ1) is 4.79. The first kappa shape index (κ1) is 9.71. The van der Waals surface area contributed by atoms with Gasteiger partial charge in [-0.25, -0.2) is 4.79 Å². The molecule has 0 aliphatic rings. The van der Waals surface area contributed by atoms with Crippen LogP contribution >= 0.6 is 12.4 Å². The van der Waals surface area contributed by atoms with E-state index in [1.54, 1.807) is 12.3 Å². The maximum atomic E-state index is 9.97. The van der Waals surface area contributed by atoms with Crippen LogP contribution in [0.2, 0.25) is 0 Å². The number of aromatic nitrogens is 2. The molecule has 1 aromatic heterocycles. The van der Waals surface area contributed by atoms with Gasteiger partial charge in [-0.05, 0) is 12.1 Å². The van der Waals surface area contributed by atoms with Crippen molar-refractivity contribution in [2.75, 3.05) is 0 Å². The van der Waals surface area contributed by atoms with Gasteiger partial charge in [-0.1, -0.05) is 0 Å². The number of H-pyrrole nitrogens is 1. The van der Waals surface area contributed by atoms with Crippen LogP contribution in [0.5, 0.6) is 0 Å². The van der Waals surface area contributed by atoms with Gasteiger partial charge in [0.25, 0.3) is 0 Å². The Labute approximate surface area is 69.3 Å². The van der Waals surface area contributed by atoms with E-state index >= 15 is 0 Å². The van der Waals surface area contributed by atoms with E-state index in [4.69, 9.17) is 5.11 Å². The minimum atomic E-state index is -0.963. The van der Waals surface area contributed by atoms with E-state index in [1.165, 1.54) is 6.08 Å². The van der Waals surface area contributed by atoms with Gasteiger partial charge >= 0.3 is 5.97 Å². The summed E-state index contributed by atoms with van der Waals surface area (Å²) in [5, 5.41) is 14.4. The highest BCUT2D eigenvalue weighted by atomic mass is 35.5. The van der Waals surface area contributed by atoms with Gasteiger partial charge in [0.1, 0.15) is 0 Å². The molecule has 0 fully saturated rings. The Hall–Kier alpha value is -1.29. The Morgan fingerprint density at radius 2 is 2.45 bits per heavy atom. The smallest absolute Gasteiger partial charge is 0.328 e. The number of halogens is 1. The molecule has 0 atom stereocenters. The van der Waals surface area contributed by atoms with Crippen molar-refractivity contribution in [3.05, 3.63) is 24.0 Å². The molecular formula is C6H7ClN2O2. The summed E-state index contributed by atoms with van der Waals surface area (Å²) in [5.41, 5.74) is 0.683. The van der Waals surface area contributed by atoms with Crippen molar-refractivity contribution in [2.24, 2.45) is 0 Å². The Balaban J connectivity index is 0.000001000. The molecule has 1 aromatic rings. The normalized spacial score (nSPS) is 9.45. The molecule has 0 saturated heterocycles. The van der Waals surface area contributed by atoms with Crippen molar-refractivity contribution in [1.82, 2.24) is 10.2 Å². The van der Waals surface area contributed by atoms with Crippen LogP contribution in [0.4, 0.5) is 0 Å². The number of hydrogen-bond donors (Lipinski definition) is 2. The molecule has 0 aliphatic carbocycles. The Kier molecular flexibility index (Phi) is 3.98. The lowest BCUT2D eigenvalue weighted by Gasteiger charge is -1.79. The predicted molar refractivity (Wildman–Crippen MR) is 42.5 cm³/mol. The van der Waals surface area contributed by atoms with Gasteiger partial charge in [-0.2, -0.15) is 5.10 Å². The second kappa shape index (κ2) is 4.51. The summed E-state index contributed by atoms with van der Waals surface area (Å²) < 4.78 is 0. The third-order valence-electron chi connectivity index (χ3n) is 0.928. The maximum absolute atomic E-state index is 9.97. The third-order valence-corrected chi connectivity index (χ3v) is 0.928. The van der Waals surface area contributed by atoms with E-state index < -0.39 is 5.97 Å². The van der Waals surface area contributed by atoms with Crippen LogP contribution in [0.25, 0.3) is 6.08 Å². The van der Waals surface area contributed by atoms with Crippen LogP contribution in [0.1, 0.15) is 5.69 Å². The van der Waals surface area contributed by atoms with Crippen molar-refractivity contribution in [3.63, 3.8) is 0 Å². The number of aromatic amines is 1. The van der Waals surface area contributed by atoms with E-state index in [-0.39, 0.29) is 12.4 Å². The lowest BCUT2D eigenvalue weighted by atomic mass is 10.4. The van der Waals surface area contributed by atoms with Crippen LogP contribution in [0, 0.1) is 0 Å². The summed E-state index contributed by atoms with van der Waals surface area (Å²) >= 11 is 0. The molecule has 0 radical (unpaired) electrons. The van der Waals surface area contributed by atoms with Crippen LogP contribution in [0.15, 0.2) is 18.3 Å². The summed E-state index contributed by atoms with van der Waals surface area (Å²) in [6, 6.07) is 1.68. The zero-order valence-corrected chi connectivity index (χ0v) is 6.34. The monoisotopic (exact) mass is 174 g/mol. The Morgan fingerprint density at radius 1 is 1.73 bits per heavy atom. The molecule has 0 amide bonds. The summed E-state index contributed by atoms with van der Waals surface area (Å²) in [7, 11) is 0. The van der Waals surface area contributed by atoms with Gasteiger partial charge < -0.3 is 5.11 Å². The lowest BCUT2D eigenvalue weighted by Crippen LogP contribution is -1.85. The molecule has 60 valence electrons. The summed E-state index contributed by atoms with van der Waals surface area (Å²) in [6.45, 7) is 0. The molecule has 0 aromatic carbocycles. The maximum Gasteiger partial charge on any atom is 0.328 e. The van der Waals surface area contributed by atoms with Crippen LogP contribution in [-0.2, 0) is 4.79 Å². The van der Waals surface area contributed by atoms with E-state index in [1.807, 2.05) is 0 Å². The molecule has 5 heteroatoms. The van der Waals surface area contributed by atoms with Gasteiger partial charge in [0.05, 0.1) is 5.69 Å². The van der Waals surface area contributed by atoms with Gasteiger partial charge in [-0.15, -0.1) is 12.4 Å². The number of nitrogens with one attached hydrogen (secondary N) is 1. The lowest BCUT2D eigenvalue weighted by molar-refractivity contribution is -0.131. The number of carbonyl (C=O) groups is 1. The van der Waals surface area contributed by atoms with Crippen molar-refractivity contribution in [3.8, 4) is 0 Å². The zero-order chi connectivity index (χ0) is 7.40. The fraction of sp³-hybridized carbons (Fsp3) is 0. The molecule has 2 N–H and O–H groups in total. The fourth-order valence-electron chi connectivity index (χ4n) is 0.521. The Bertz CT molecular complexity index is 243. The topological polar surface area (TPSA) is 66.0 Å². The quantitative estimate of drug-likeness (QED) is 0.656. The SMILES string of the molecule is Cl.O=C(O)/C=C/c1ccn[nH]1. The molecule has 0 aliphatic heterocycles. The van der Waals surface area contributed by atoms with Gasteiger partial charge in [0.2, 0.25) is 0 Å². The van der Waals surface area contributed by atoms with E-state index in [2.05, 4.69) is 10.2 Å². The van der Waals surface area contributed by atoms with Crippen molar-refractivity contribution in [1.29, 1.82) is 0 Å². The predicted octanol–water partition coefficient (Wildman–Crippen LogP) is 0.929. The highest BCUT2D eigenvalue weighted by molar-refractivity contribution is 5.85. The Morgan fingerprint density at radius 3 is 2.91 bits per heavy atom. The average Bonchev–Trinajstić information content (AvgIpc) is 2.34. The van der Waals surface area contributed by atoms with E-state index in [9.17, 15) is 4.79 Å². The number of hydrogen-bond acceptors (Lipinski definition) is 2. The second-order valence-electron chi connectivity index (χ2n) is 1.68. The molecule has 0 unspecified atom stereocenters. The largest absolute Gasteiger partial charge is 0.478 e. The highest BCUT2D eigenvalue weighted by Crippen LogP contribution is 1.93. The van der Waals surface area contributed by atoms with Gasteiger partial charge in [-0.3, -0.25) is 5.10 Å². The van der Waals surface area contributed by atoms with Crippen LogP contribution < -0.4 is 0 Å². The van der Waals surface area contributed by atoms with Crippen molar-refractivity contribution >= 4 is 24.5 Å². The zero-order valence-electron chi connectivity index (χ0n) is 5.52. The number of aliphatic carboxylic acids is 1. The summed E-state index contributed by atoms with van der Waals surface area (Å²) in [4.78, 5) is 9.97. The number of carboxylic acids is 1. The molecule has 1 heterocycles. The first-order valence-corrected chi connectivity index (χ1v) is 2.69. The molecule has 0 bridgehead atoms. The van der Waals surface area contributed by atoms with Crippen LogP contribution in [-0.4, -0.2) is 21.3 Å². The second-order valence-corrected chi connectivity index (χ2v) is 1.68. The number of carboxylic acid groups (broad SMARTS) is 1. The van der Waals surface area contributed by atoms with Gasteiger partial charge in [0, 0.05) is 12.3 Å². The molecule has 11 heavy (non-hydrogen) atoms.